The number of carbonyl (C=O) groups excluding carboxylic acids is 1. The average Bonchev–Trinajstić information content (AvgIpc) is 3.16. The first kappa shape index (κ1) is 19.1. The Morgan fingerprint density at radius 3 is 2.14 bits per heavy atom. The molecule has 0 saturated carbocycles. The van der Waals surface area contributed by atoms with Gasteiger partial charge in [-0.2, -0.15) is 0 Å². The highest BCUT2D eigenvalue weighted by atomic mass is 16.6. The Morgan fingerprint density at radius 2 is 1.61 bits per heavy atom. The summed E-state index contributed by atoms with van der Waals surface area (Å²) in [7, 11) is 1.56. The van der Waals surface area contributed by atoms with Gasteiger partial charge in [0.15, 0.2) is 0 Å². The third-order valence-corrected chi connectivity index (χ3v) is 4.37. The zero-order valence-corrected chi connectivity index (χ0v) is 14.9. The molecule has 0 bridgehead atoms. The van der Waals surface area contributed by atoms with Crippen LogP contribution in [0.4, 0.5) is 11.4 Å². The van der Waals surface area contributed by atoms with Gasteiger partial charge in [-0.05, 0) is 24.3 Å². The molecule has 146 valence electrons. The molecule has 3 rings (SSSR count). The van der Waals surface area contributed by atoms with Crippen molar-refractivity contribution in [2.24, 2.45) is 0 Å². The van der Waals surface area contributed by atoms with Gasteiger partial charge in [0, 0.05) is 25.1 Å². The van der Waals surface area contributed by atoms with Crippen LogP contribution in [0.2, 0.25) is 0 Å². The molecule has 0 radical (unpaired) electrons. The standard InChI is InChI=1S/C18H17N3O7/c1-27-15-2-4-16(5-3-15)28-17-6-7-19(11-17)18(22)12-8-13(20(23)24)10-14(9-12)21(25)26/h2-5,8-10,17H,6-7,11H2,1H3. The van der Waals surface area contributed by atoms with E-state index in [4.69, 9.17) is 9.47 Å². The number of benzene rings is 2. The number of ether oxygens (including phenoxy) is 2. The molecule has 10 nitrogen and oxygen atoms in total. The number of methoxy groups -OCH3 is 1. The molecule has 0 spiro atoms. The molecule has 2 aromatic carbocycles. The van der Waals surface area contributed by atoms with Gasteiger partial charge in [0.1, 0.15) is 17.6 Å². The molecule has 0 aliphatic carbocycles. The van der Waals surface area contributed by atoms with E-state index in [2.05, 4.69) is 0 Å². The second kappa shape index (κ2) is 7.91. The Hall–Kier alpha value is -3.69. The van der Waals surface area contributed by atoms with Crippen LogP contribution < -0.4 is 9.47 Å². The lowest BCUT2D eigenvalue weighted by atomic mass is 10.1. The number of nitrogens with zero attached hydrogens (tertiary/aromatic N) is 3. The fourth-order valence-electron chi connectivity index (χ4n) is 2.97. The van der Waals surface area contributed by atoms with Gasteiger partial charge in [0.25, 0.3) is 17.3 Å². The van der Waals surface area contributed by atoms with Gasteiger partial charge in [0.2, 0.25) is 0 Å². The second-order valence-electron chi connectivity index (χ2n) is 6.21. The van der Waals surface area contributed by atoms with E-state index in [9.17, 15) is 25.0 Å². The molecule has 1 fully saturated rings. The van der Waals surface area contributed by atoms with E-state index in [1.807, 2.05) is 0 Å². The summed E-state index contributed by atoms with van der Waals surface area (Å²) in [5.74, 6) is 0.821. The van der Waals surface area contributed by atoms with Crippen molar-refractivity contribution < 1.29 is 24.1 Å². The Labute approximate surface area is 159 Å². The summed E-state index contributed by atoms with van der Waals surface area (Å²) in [6, 6.07) is 9.96. The third-order valence-electron chi connectivity index (χ3n) is 4.37. The van der Waals surface area contributed by atoms with Crippen molar-refractivity contribution in [2.75, 3.05) is 20.2 Å². The Kier molecular flexibility index (Phi) is 5.39. The molecule has 2 aromatic rings. The summed E-state index contributed by atoms with van der Waals surface area (Å²) in [6.07, 6.45) is 0.334. The zero-order chi connectivity index (χ0) is 20.3. The predicted molar refractivity (Wildman–Crippen MR) is 97.7 cm³/mol. The lowest BCUT2D eigenvalue weighted by Crippen LogP contribution is -2.31. The topological polar surface area (TPSA) is 125 Å². The minimum atomic E-state index is -0.761. The van der Waals surface area contributed by atoms with Crippen LogP contribution in [-0.2, 0) is 0 Å². The Bertz CT molecular complexity index is 882. The minimum absolute atomic E-state index is 0.0917. The van der Waals surface area contributed by atoms with Crippen LogP contribution >= 0.6 is 0 Å². The van der Waals surface area contributed by atoms with Crippen molar-refractivity contribution in [2.45, 2.75) is 12.5 Å². The van der Waals surface area contributed by atoms with Crippen molar-refractivity contribution in [3.63, 3.8) is 0 Å². The molecule has 0 N–H and O–H groups in total. The number of non-ortho nitro benzene ring substituents is 2. The molecule has 1 unspecified atom stereocenters. The molecule has 1 heterocycles. The fraction of sp³-hybridized carbons (Fsp3) is 0.278. The number of nitro benzene ring substituents is 2. The maximum Gasteiger partial charge on any atom is 0.277 e. The second-order valence-corrected chi connectivity index (χ2v) is 6.21. The predicted octanol–water partition coefficient (Wildman–Crippen LogP) is 2.81. The van der Waals surface area contributed by atoms with Crippen LogP contribution in [0.15, 0.2) is 42.5 Å². The number of hydrogen-bond acceptors (Lipinski definition) is 7. The number of nitro groups is 2. The van der Waals surface area contributed by atoms with Crippen molar-refractivity contribution in [1.82, 2.24) is 4.90 Å². The van der Waals surface area contributed by atoms with Gasteiger partial charge < -0.3 is 14.4 Å². The maximum atomic E-state index is 12.7. The molecule has 1 saturated heterocycles. The molecule has 1 amide bonds. The smallest absolute Gasteiger partial charge is 0.277 e. The third kappa shape index (κ3) is 4.17. The summed E-state index contributed by atoms with van der Waals surface area (Å²) in [5.41, 5.74) is -1.09. The monoisotopic (exact) mass is 387 g/mol. The first-order valence-electron chi connectivity index (χ1n) is 8.41. The van der Waals surface area contributed by atoms with Gasteiger partial charge in [0.05, 0.1) is 35.1 Å². The summed E-state index contributed by atoms with van der Waals surface area (Å²) < 4.78 is 10.9. The maximum absolute atomic E-state index is 12.7. The highest BCUT2D eigenvalue weighted by Crippen LogP contribution is 2.26. The summed E-state index contributed by atoms with van der Waals surface area (Å²) in [4.78, 5) is 34.6. The molecule has 28 heavy (non-hydrogen) atoms. The van der Waals surface area contributed by atoms with Gasteiger partial charge in [-0.15, -0.1) is 0 Å². The largest absolute Gasteiger partial charge is 0.497 e. The molecule has 1 aliphatic heterocycles. The van der Waals surface area contributed by atoms with E-state index < -0.39 is 27.1 Å². The van der Waals surface area contributed by atoms with E-state index in [-0.39, 0.29) is 18.2 Å². The van der Waals surface area contributed by atoms with Crippen LogP contribution in [0.3, 0.4) is 0 Å². The van der Waals surface area contributed by atoms with Crippen LogP contribution in [0.1, 0.15) is 16.8 Å². The summed E-state index contributed by atoms with van der Waals surface area (Å²) in [6.45, 7) is 0.664. The molecular weight excluding hydrogens is 370 g/mol. The highest BCUT2D eigenvalue weighted by Gasteiger charge is 2.30. The molecule has 0 aromatic heterocycles. The Balaban J connectivity index is 1.71. The Morgan fingerprint density at radius 1 is 1.04 bits per heavy atom. The van der Waals surface area contributed by atoms with E-state index in [1.165, 1.54) is 4.90 Å². The number of amides is 1. The number of likely N-dealkylation sites (tertiary alicyclic amines) is 1. The van der Waals surface area contributed by atoms with Crippen LogP contribution in [0, 0.1) is 20.2 Å². The van der Waals surface area contributed by atoms with Crippen LogP contribution in [0.25, 0.3) is 0 Å². The van der Waals surface area contributed by atoms with Crippen molar-refractivity contribution >= 4 is 17.3 Å². The molecule has 10 heteroatoms. The van der Waals surface area contributed by atoms with Crippen molar-refractivity contribution in [3.8, 4) is 11.5 Å². The van der Waals surface area contributed by atoms with Gasteiger partial charge in [-0.3, -0.25) is 25.0 Å². The highest BCUT2D eigenvalue weighted by molar-refractivity contribution is 5.95. The van der Waals surface area contributed by atoms with Crippen molar-refractivity contribution in [3.05, 3.63) is 68.3 Å². The molecule has 1 aliphatic rings. The number of hydrogen-bond donors (Lipinski definition) is 0. The first-order valence-corrected chi connectivity index (χ1v) is 8.41. The lowest BCUT2D eigenvalue weighted by molar-refractivity contribution is -0.394. The van der Waals surface area contributed by atoms with Gasteiger partial charge in [-0.25, -0.2) is 0 Å². The van der Waals surface area contributed by atoms with E-state index >= 15 is 0 Å². The summed E-state index contributed by atoms with van der Waals surface area (Å²) in [5, 5.41) is 22.0. The van der Waals surface area contributed by atoms with E-state index in [0.717, 1.165) is 18.2 Å². The quantitative estimate of drug-likeness (QED) is 0.551. The number of carbonyl (C=O) groups is 1. The van der Waals surface area contributed by atoms with E-state index in [0.29, 0.717) is 24.5 Å². The van der Waals surface area contributed by atoms with Gasteiger partial charge >= 0.3 is 0 Å². The zero-order valence-electron chi connectivity index (χ0n) is 14.9. The first-order chi connectivity index (χ1) is 13.4. The van der Waals surface area contributed by atoms with Crippen molar-refractivity contribution in [1.29, 1.82) is 0 Å². The van der Waals surface area contributed by atoms with E-state index in [1.54, 1.807) is 31.4 Å². The van der Waals surface area contributed by atoms with Crippen LogP contribution in [-0.4, -0.2) is 47.0 Å². The normalized spacial score (nSPS) is 15.9. The average molecular weight is 387 g/mol. The van der Waals surface area contributed by atoms with Gasteiger partial charge in [-0.1, -0.05) is 0 Å². The molecule has 1 atom stereocenters. The molecular formula is C18H17N3O7. The fourth-order valence-corrected chi connectivity index (χ4v) is 2.97. The number of rotatable bonds is 6. The van der Waals surface area contributed by atoms with Crippen LogP contribution in [0.5, 0.6) is 11.5 Å². The lowest BCUT2D eigenvalue weighted by Gasteiger charge is -2.17. The minimum Gasteiger partial charge on any atom is -0.497 e. The SMILES string of the molecule is COc1ccc(OC2CCN(C(=O)c3cc([N+](=O)[O-])cc([N+](=O)[O-])c3)C2)cc1. The summed E-state index contributed by atoms with van der Waals surface area (Å²) >= 11 is 0.